The Kier molecular flexibility index (Phi) is 3.95. The molecule has 2 aliphatic rings. The first-order chi connectivity index (χ1) is 9.36. The van der Waals surface area contributed by atoms with Crippen molar-refractivity contribution in [3.8, 4) is 6.07 Å². The molecule has 0 amide bonds. The molecule has 1 N–H and O–H groups in total. The van der Waals surface area contributed by atoms with E-state index in [0.29, 0.717) is 6.04 Å². The van der Waals surface area contributed by atoms with E-state index in [1.54, 1.807) is 0 Å². The quantitative estimate of drug-likeness (QED) is 0.914. The maximum atomic E-state index is 9.36. The lowest BCUT2D eigenvalue weighted by Crippen LogP contribution is -2.33. The molecule has 2 fully saturated rings. The highest BCUT2D eigenvalue weighted by atomic mass is 32.2. The summed E-state index contributed by atoms with van der Waals surface area (Å²) in [5.74, 6) is 2.33. The highest BCUT2D eigenvalue weighted by molar-refractivity contribution is 7.99. The summed E-state index contributed by atoms with van der Waals surface area (Å²) in [6.45, 7) is 2.99. The van der Waals surface area contributed by atoms with Crippen LogP contribution in [0.5, 0.6) is 0 Å². The zero-order valence-corrected chi connectivity index (χ0v) is 11.9. The Morgan fingerprint density at radius 2 is 2.11 bits per heavy atom. The number of rotatable bonds is 4. The zero-order valence-electron chi connectivity index (χ0n) is 11.1. The van der Waals surface area contributed by atoms with E-state index in [-0.39, 0.29) is 0 Å². The molecule has 1 saturated heterocycles. The van der Waals surface area contributed by atoms with E-state index in [4.69, 9.17) is 0 Å². The minimum Gasteiger partial charge on any atom is -0.369 e. The first-order valence-corrected chi connectivity index (χ1v) is 8.11. The normalized spacial score (nSPS) is 19.2. The van der Waals surface area contributed by atoms with Gasteiger partial charge in [0.15, 0.2) is 0 Å². The first-order valence-electron chi connectivity index (χ1n) is 6.96. The van der Waals surface area contributed by atoms with Crippen molar-refractivity contribution in [3.63, 3.8) is 0 Å². The Morgan fingerprint density at radius 1 is 1.32 bits per heavy atom. The van der Waals surface area contributed by atoms with Gasteiger partial charge in [-0.2, -0.15) is 17.0 Å². The van der Waals surface area contributed by atoms with Crippen LogP contribution in [0.1, 0.15) is 24.0 Å². The zero-order chi connectivity index (χ0) is 13.1. The highest BCUT2D eigenvalue weighted by Gasteiger charge is 2.20. The van der Waals surface area contributed by atoms with Crippen LogP contribution < -0.4 is 10.2 Å². The number of nitrogens with one attached hydrogen (secondary N) is 1. The SMILES string of the molecule is N#Cc1cc(CNC2CC2)ccc1N1CCSCC1. The number of benzene rings is 1. The number of nitriles is 1. The molecule has 1 aliphatic carbocycles. The smallest absolute Gasteiger partial charge is 0.101 e. The average Bonchev–Trinajstić information content (AvgIpc) is 3.30. The van der Waals surface area contributed by atoms with Crippen molar-refractivity contribution in [3.05, 3.63) is 29.3 Å². The van der Waals surface area contributed by atoms with Crippen LogP contribution in [0, 0.1) is 11.3 Å². The summed E-state index contributed by atoms with van der Waals surface area (Å²) in [5.41, 5.74) is 3.15. The predicted octanol–water partition coefficient (Wildman–Crippen LogP) is 2.36. The molecule has 1 aromatic rings. The highest BCUT2D eigenvalue weighted by Crippen LogP contribution is 2.25. The van der Waals surface area contributed by atoms with E-state index in [1.165, 1.54) is 18.4 Å². The Labute approximate surface area is 119 Å². The molecule has 1 aromatic carbocycles. The van der Waals surface area contributed by atoms with Crippen molar-refractivity contribution in [1.29, 1.82) is 5.26 Å². The molecule has 0 spiro atoms. The number of thioether (sulfide) groups is 1. The van der Waals surface area contributed by atoms with Crippen LogP contribution in [0.3, 0.4) is 0 Å². The molecule has 1 heterocycles. The molecule has 1 saturated carbocycles. The van der Waals surface area contributed by atoms with E-state index < -0.39 is 0 Å². The molecular formula is C15H19N3S. The molecule has 4 heteroatoms. The number of hydrogen-bond donors (Lipinski definition) is 1. The van der Waals surface area contributed by atoms with E-state index in [9.17, 15) is 5.26 Å². The van der Waals surface area contributed by atoms with Crippen LogP contribution in [-0.4, -0.2) is 30.6 Å². The molecular weight excluding hydrogens is 254 g/mol. The number of anilines is 1. The van der Waals surface area contributed by atoms with Crippen LogP contribution in [0.15, 0.2) is 18.2 Å². The second-order valence-electron chi connectivity index (χ2n) is 5.22. The Bertz CT molecular complexity index is 485. The van der Waals surface area contributed by atoms with Gasteiger partial charge in [-0.25, -0.2) is 0 Å². The molecule has 0 aromatic heterocycles. The summed E-state index contributed by atoms with van der Waals surface area (Å²) in [6.07, 6.45) is 2.60. The van der Waals surface area contributed by atoms with E-state index in [1.807, 2.05) is 17.8 Å². The topological polar surface area (TPSA) is 39.1 Å². The number of nitrogens with zero attached hydrogens (tertiary/aromatic N) is 2. The van der Waals surface area contributed by atoms with Gasteiger partial charge in [-0.1, -0.05) is 6.07 Å². The summed E-state index contributed by atoms with van der Waals surface area (Å²) < 4.78 is 0. The molecule has 3 rings (SSSR count). The molecule has 0 atom stereocenters. The summed E-state index contributed by atoms with van der Waals surface area (Å²) in [4.78, 5) is 2.34. The Hall–Kier alpha value is -1.18. The third-order valence-corrected chi connectivity index (χ3v) is 4.65. The van der Waals surface area contributed by atoms with Crippen LogP contribution in [-0.2, 0) is 6.54 Å². The maximum Gasteiger partial charge on any atom is 0.101 e. The van der Waals surface area contributed by atoms with Crippen molar-refractivity contribution >= 4 is 17.4 Å². The Morgan fingerprint density at radius 3 is 2.79 bits per heavy atom. The lowest BCUT2D eigenvalue weighted by molar-refractivity contribution is 0.687. The van der Waals surface area contributed by atoms with Crippen molar-refractivity contribution in [2.45, 2.75) is 25.4 Å². The number of hydrogen-bond acceptors (Lipinski definition) is 4. The second kappa shape index (κ2) is 5.85. The van der Waals surface area contributed by atoms with Gasteiger partial charge in [0.2, 0.25) is 0 Å². The molecule has 0 bridgehead atoms. The van der Waals surface area contributed by atoms with Crippen LogP contribution in [0.2, 0.25) is 0 Å². The second-order valence-corrected chi connectivity index (χ2v) is 6.44. The van der Waals surface area contributed by atoms with Crippen LogP contribution in [0.4, 0.5) is 5.69 Å². The summed E-state index contributed by atoms with van der Waals surface area (Å²) >= 11 is 1.99. The van der Waals surface area contributed by atoms with Crippen LogP contribution >= 0.6 is 11.8 Å². The van der Waals surface area contributed by atoms with Crippen molar-refractivity contribution in [2.75, 3.05) is 29.5 Å². The maximum absolute atomic E-state index is 9.36. The monoisotopic (exact) mass is 273 g/mol. The van der Waals surface area contributed by atoms with Gasteiger partial charge >= 0.3 is 0 Å². The van der Waals surface area contributed by atoms with Gasteiger partial charge in [-0.15, -0.1) is 0 Å². The fourth-order valence-corrected chi connectivity index (χ4v) is 3.32. The fourth-order valence-electron chi connectivity index (χ4n) is 2.41. The lowest BCUT2D eigenvalue weighted by Gasteiger charge is -2.29. The van der Waals surface area contributed by atoms with Gasteiger partial charge < -0.3 is 10.2 Å². The van der Waals surface area contributed by atoms with Gasteiger partial charge in [-0.05, 0) is 30.5 Å². The third-order valence-electron chi connectivity index (χ3n) is 3.71. The summed E-state index contributed by atoms with van der Waals surface area (Å²) in [6, 6.07) is 9.40. The van der Waals surface area contributed by atoms with Gasteiger partial charge in [0.25, 0.3) is 0 Å². The van der Waals surface area contributed by atoms with E-state index in [2.05, 4.69) is 28.4 Å². The van der Waals surface area contributed by atoms with Gasteiger partial charge in [0.05, 0.1) is 11.3 Å². The molecule has 1 aliphatic heterocycles. The van der Waals surface area contributed by atoms with Crippen molar-refractivity contribution in [2.24, 2.45) is 0 Å². The lowest BCUT2D eigenvalue weighted by atomic mass is 10.1. The molecule has 0 unspecified atom stereocenters. The molecule has 3 nitrogen and oxygen atoms in total. The fraction of sp³-hybridized carbons (Fsp3) is 0.533. The molecule has 0 radical (unpaired) electrons. The van der Waals surface area contributed by atoms with Gasteiger partial charge in [-0.3, -0.25) is 0 Å². The minimum absolute atomic E-state index is 0.712. The average molecular weight is 273 g/mol. The standard InChI is InChI=1S/C15H19N3S/c16-10-13-9-12(11-17-14-2-3-14)1-4-15(13)18-5-7-19-8-6-18/h1,4,9,14,17H,2-3,5-8,11H2. The third kappa shape index (κ3) is 3.23. The molecule has 19 heavy (non-hydrogen) atoms. The minimum atomic E-state index is 0.712. The predicted molar refractivity (Wildman–Crippen MR) is 80.6 cm³/mol. The van der Waals surface area contributed by atoms with Crippen LogP contribution in [0.25, 0.3) is 0 Å². The molecule has 100 valence electrons. The van der Waals surface area contributed by atoms with Gasteiger partial charge in [0.1, 0.15) is 6.07 Å². The van der Waals surface area contributed by atoms with E-state index in [0.717, 1.165) is 42.4 Å². The largest absolute Gasteiger partial charge is 0.369 e. The van der Waals surface area contributed by atoms with Crippen molar-refractivity contribution in [1.82, 2.24) is 5.32 Å². The Balaban J connectivity index is 1.74. The van der Waals surface area contributed by atoms with Gasteiger partial charge in [0, 0.05) is 37.2 Å². The van der Waals surface area contributed by atoms with E-state index >= 15 is 0 Å². The summed E-state index contributed by atoms with van der Waals surface area (Å²) in [5, 5.41) is 12.9. The summed E-state index contributed by atoms with van der Waals surface area (Å²) in [7, 11) is 0. The van der Waals surface area contributed by atoms with Crippen molar-refractivity contribution < 1.29 is 0 Å². The first kappa shape index (κ1) is 12.8.